The Kier molecular flexibility index (Phi) is 11.1. The SMILES string of the molecule is CC(C)(C)[C@@H]1CC[C@@H]2OCCOCCO[C@@H]3C[C@H](C(C)(C)C)CC[C@H]3OCCOCCO[C@H]2C1. The third-order valence-electron chi connectivity index (χ3n) is 8.15. The molecule has 1 saturated heterocycles. The average Bonchev–Trinajstić information content (AvgIpc) is 2.77. The van der Waals surface area contributed by atoms with Crippen molar-refractivity contribution < 1.29 is 28.4 Å². The van der Waals surface area contributed by atoms with Gasteiger partial charge in [0.05, 0.1) is 77.3 Å². The van der Waals surface area contributed by atoms with Crippen LogP contribution >= 0.6 is 0 Å². The summed E-state index contributed by atoms with van der Waals surface area (Å²) in [7, 11) is 0. The van der Waals surface area contributed by atoms with Gasteiger partial charge in [-0.2, -0.15) is 0 Å². The number of hydrogen-bond acceptors (Lipinski definition) is 6. The molecule has 2 aliphatic carbocycles. The molecule has 0 amide bonds. The van der Waals surface area contributed by atoms with Crippen molar-refractivity contribution in [1.29, 1.82) is 0 Å². The Labute approximate surface area is 208 Å². The minimum Gasteiger partial charge on any atom is -0.377 e. The van der Waals surface area contributed by atoms with Gasteiger partial charge < -0.3 is 28.4 Å². The van der Waals surface area contributed by atoms with Crippen molar-refractivity contribution in [2.45, 2.75) is 104 Å². The normalized spacial score (nSPS) is 36.5. The maximum absolute atomic E-state index is 6.29. The summed E-state index contributed by atoms with van der Waals surface area (Å²) < 4.78 is 36.8. The number of rotatable bonds is 0. The van der Waals surface area contributed by atoms with Gasteiger partial charge in [-0.1, -0.05) is 41.5 Å². The first-order valence-corrected chi connectivity index (χ1v) is 13.8. The standard InChI is InChI=1S/C28H52O6/c1-27(2,3)21-7-9-23-25(19-21)33-17-13-29-12-16-32-24-10-8-22(28(4,5)6)20-26(24)34-18-14-30-11-15-31-23/h21-26H,7-20H2,1-6H3/t21-,22-,23-,24+,25-,26+/m1/s1. The van der Waals surface area contributed by atoms with Crippen molar-refractivity contribution in [2.24, 2.45) is 22.7 Å². The van der Waals surface area contributed by atoms with E-state index in [9.17, 15) is 0 Å². The molecule has 6 atom stereocenters. The largest absolute Gasteiger partial charge is 0.377 e. The van der Waals surface area contributed by atoms with Crippen molar-refractivity contribution in [1.82, 2.24) is 0 Å². The van der Waals surface area contributed by atoms with Gasteiger partial charge in [-0.3, -0.25) is 0 Å². The predicted molar refractivity (Wildman–Crippen MR) is 134 cm³/mol. The van der Waals surface area contributed by atoms with Crippen LogP contribution in [0.3, 0.4) is 0 Å². The van der Waals surface area contributed by atoms with Crippen LogP contribution in [-0.4, -0.2) is 77.3 Å². The molecule has 200 valence electrons. The van der Waals surface area contributed by atoms with E-state index in [-0.39, 0.29) is 24.4 Å². The lowest BCUT2D eigenvalue weighted by atomic mass is 9.71. The molecule has 1 heterocycles. The summed E-state index contributed by atoms with van der Waals surface area (Å²) in [5, 5.41) is 0. The lowest BCUT2D eigenvalue weighted by molar-refractivity contribution is -0.142. The molecule has 0 aromatic carbocycles. The monoisotopic (exact) mass is 484 g/mol. The molecule has 34 heavy (non-hydrogen) atoms. The zero-order valence-electron chi connectivity index (χ0n) is 22.8. The summed E-state index contributed by atoms with van der Waals surface area (Å²) in [5.74, 6) is 1.30. The summed E-state index contributed by atoms with van der Waals surface area (Å²) >= 11 is 0. The fraction of sp³-hybridized carbons (Fsp3) is 1.00. The summed E-state index contributed by atoms with van der Waals surface area (Å²) in [6.45, 7) is 18.8. The van der Waals surface area contributed by atoms with Crippen molar-refractivity contribution in [3.05, 3.63) is 0 Å². The molecule has 0 unspecified atom stereocenters. The first-order valence-electron chi connectivity index (χ1n) is 13.8. The Morgan fingerprint density at radius 3 is 1.06 bits per heavy atom. The Balaban J connectivity index is 1.51. The van der Waals surface area contributed by atoms with Crippen molar-refractivity contribution in [2.75, 3.05) is 52.9 Å². The summed E-state index contributed by atoms with van der Waals surface area (Å²) in [4.78, 5) is 0. The van der Waals surface area contributed by atoms with Gasteiger partial charge in [0.15, 0.2) is 0 Å². The maximum Gasteiger partial charge on any atom is 0.0840 e. The van der Waals surface area contributed by atoms with Crippen LogP contribution in [0.5, 0.6) is 0 Å². The molecule has 3 aliphatic rings. The van der Waals surface area contributed by atoms with Crippen LogP contribution in [-0.2, 0) is 28.4 Å². The molecule has 0 bridgehead atoms. The molecule has 0 aromatic heterocycles. The zero-order valence-corrected chi connectivity index (χ0v) is 22.8. The van der Waals surface area contributed by atoms with E-state index in [0.717, 1.165) is 25.7 Å². The van der Waals surface area contributed by atoms with Crippen molar-refractivity contribution in [3.63, 3.8) is 0 Å². The molecule has 3 fully saturated rings. The summed E-state index contributed by atoms with van der Waals surface area (Å²) in [5.41, 5.74) is 0.586. The number of ether oxygens (including phenoxy) is 6. The molecule has 3 rings (SSSR count). The highest BCUT2D eigenvalue weighted by Crippen LogP contribution is 2.41. The second-order valence-electron chi connectivity index (χ2n) is 12.6. The average molecular weight is 485 g/mol. The lowest BCUT2D eigenvalue weighted by Gasteiger charge is -2.41. The quantitative estimate of drug-likeness (QED) is 0.467. The molecule has 0 radical (unpaired) electrons. The lowest BCUT2D eigenvalue weighted by Crippen LogP contribution is -2.43. The molecule has 6 heteroatoms. The number of fused-ring (bicyclic) bond motifs is 2. The van der Waals surface area contributed by atoms with E-state index < -0.39 is 0 Å². The van der Waals surface area contributed by atoms with Crippen LogP contribution < -0.4 is 0 Å². The highest BCUT2D eigenvalue weighted by atomic mass is 16.6. The van der Waals surface area contributed by atoms with Crippen LogP contribution in [0.1, 0.15) is 80.1 Å². The van der Waals surface area contributed by atoms with Crippen LogP contribution in [0.4, 0.5) is 0 Å². The smallest absolute Gasteiger partial charge is 0.0840 e. The fourth-order valence-electron chi connectivity index (χ4n) is 5.75. The van der Waals surface area contributed by atoms with Crippen LogP contribution in [0, 0.1) is 22.7 Å². The molecular weight excluding hydrogens is 432 g/mol. The van der Waals surface area contributed by atoms with Gasteiger partial charge >= 0.3 is 0 Å². The Bertz CT molecular complexity index is 518. The third-order valence-corrected chi connectivity index (χ3v) is 8.15. The van der Waals surface area contributed by atoms with Gasteiger partial charge in [0.2, 0.25) is 0 Å². The second-order valence-corrected chi connectivity index (χ2v) is 12.6. The van der Waals surface area contributed by atoms with Crippen molar-refractivity contribution >= 4 is 0 Å². The number of hydrogen-bond donors (Lipinski definition) is 0. The van der Waals surface area contributed by atoms with Crippen LogP contribution in [0.2, 0.25) is 0 Å². The van der Waals surface area contributed by atoms with E-state index in [0.29, 0.717) is 75.5 Å². The minimum absolute atomic E-state index is 0.124. The van der Waals surface area contributed by atoms with Gasteiger partial charge in [0.1, 0.15) is 0 Å². The van der Waals surface area contributed by atoms with E-state index in [1.165, 1.54) is 12.8 Å². The van der Waals surface area contributed by atoms with E-state index >= 15 is 0 Å². The van der Waals surface area contributed by atoms with Crippen molar-refractivity contribution in [3.8, 4) is 0 Å². The molecule has 6 nitrogen and oxygen atoms in total. The summed E-state index contributed by atoms with van der Waals surface area (Å²) in [6.07, 6.45) is 7.08. The molecule has 0 spiro atoms. The van der Waals surface area contributed by atoms with Crippen LogP contribution in [0.25, 0.3) is 0 Å². The first kappa shape index (κ1) is 28.3. The van der Waals surface area contributed by atoms with Gasteiger partial charge in [-0.05, 0) is 61.2 Å². The van der Waals surface area contributed by atoms with Gasteiger partial charge in [0.25, 0.3) is 0 Å². The maximum atomic E-state index is 6.29. The van der Waals surface area contributed by atoms with Gasteiger partial charge in [-0.25, -0.2) is 0 Å². The molecule has 0 N–H and O–H groups in total. The third kappa shape index (κ3) is 9.01. The predicted octanol–water partition coefficient (Wildman–Crippen LogP) is 5.27. The highest BCUT2D eigenvalue weighted by Gasteiger charge is 2.38. The minimum atomic E-state index is 0.124. The molecule has 1 aliphatic heterocycles. The molecule has 2 saturated carbocycles. The van der Waals surface area contributed by atoms with E-state index in [1.54, 1.807) is 0 Å². The molecular formula is C28H52O6. The Morgan fingerprint density at radius 1 is 0.412 bits per heavy atom. The van der Waals surface area contributed by atoms with E-state index in [4.69, 9.17) is 28.4 Å². The molecule has 0 aromatic rings. The first-order chi connectivity index (χ1) is 16.1. The summed E-state index contributed by atoms with van der Waals surface area (Å²) in [6, 6.07) is 0. The highest BCUT2D eigenvalue weighted by molar-refractivity contribution is 4.88. The Morgan fingerprint density at radius 2 is 0.735 bits per heavy atom. The fourth-order valence-corrected chi connectivity index (χ4v) is 5.75. The van der Waals surface area contributed by atoms with Gasteiger partial charge in [0, 0.05) is 0 Å². The van der Waals surface area contributed by atoms with Gasteiger partial charge in [-0.15, -0.1) is 0 Å². The zero-order chi connectivity index (χ0) is 24.6. The van der Waals surface area contributed by atoms with E-state index in [2.05, 4.69) is 41.5 Å². The van der Waals surface area contributed by atoms with E-state index in [1.807, 2.05) is 0 Å². The second kappa shape index (κ2) is 13.3. The Hall–Kier alpha value is -0.240. The van der Waals surface area contributed by atoms with Crippen LogP contribution in [0.15, 0.2) is 0 Å². The topological polar surface area (TPSA) is 55.4 Å².